The fraction of sp³-hybridized carbons (Fsp3) is 0.476. The fourth-order valence-corrected chi connectivity index (χ4v) is 4.41. The lowest BCUT2D eigenvalue weighted by Crippen LogP contribution is -2.43. The van der Waals surface area contributed by atoms with Gasteiger partial charge in [0.05, 0.1) is 12.1 Å². The Morgan fingerprint density at radius 3 is 2.43 bits per heavy atom. The Morgan fingerprint density at radius 2 is 1.82 bits per heavy atom. The molecule has 1 saturated heterocycles. The quantitative estimate of drug-likeness (QED) is 0.317. The SMILES string of the molecule is CN=C(NCC(OC)c1ccccc1)NCC(c1cccs1)N1CCCC1.I. The van der Waals surface area contributed by atoms with Gasteiger partial charge in [0.25, 0.3) is 0 Å². The number of thiophene rings is 1. The Morgan fingerprint density at radius 1 is 1.11 bits per heavy atom. The van der Waals surface area contributed by atoms with Crippen LogP contribution in [-0.4, -0.2) is 51.2 Å². The van der Waals surface area contributed by atoms with Crippen LogP contribution in [0.1, 0.15) is 35.4 Å². The number of rotatable bonds is 8. The number of methoxy groups -OCH3 is 1. The summed E-state index contributed by atoms with van der Waals surface area (Å²) in [7, 11) is 3.56. The molecule has 1 aliphatic rings. The number of halogens is 1. The van der Waals surface area contributed by atoms with E-state index in [1.807, 2.05) is 36.6 Å². The predicted molar refractivity (Wildman–Crippen MR) is 129 cm³/mol. The first-order valence-corrected chi connectivity index (χ1v) is 10.5. The van der Waals surface area contributed by atoms with Gasteiger partial charge in [0.2, 0.25) is 0 Å². The van der Waals surface area contributed by atoms with Crippen molar-refractivity contribution >= 4 is 41.3 Å². The lowest BCUT2D eigenvalue weighted by molar-refractivity contribution is 0.106. The Bertz CT molecular complexity index is 690. The predicted octanol–water partition coefficient (Wildman–Crippen LogP) is 4.06. The average Bonchev–Trinajstić information content (AvgIpc) is 3.42. The van der Waals surface area contributed by atoms with E-state index in [2.05, 4.69) is 50.2 Å². The molecule has 0 saturated carbocycles. The molecule has 5 nitrogen and oxygen atoms in total. The normalized spacial score (nSPS) is 17.0. The lowest BCUT2D eigenvalue weighted by atomic mass is 10.1. The zero-order valence-electron chi connectivity index (χ0n) is 16.6. The van der Waals surface area contributed by atoms with Crippen molar-refractivity contribution in [1.82, 2.24) is 15.5 Å². The van der Waals surface area contributed by atoms with E-state index >= 15 is 0 Å². The molecule has 1 aromatic carbocycles. The van der Waals surface area contributed by atoms with Crippen LogP contribution in [0, 0.1) is 0 Å². The number of guanidine groups is 1. The number of ether oxygens (including phenoxy) is 1. The molecule has 2 N–H and O–H groups in total. The molecule has 154 valence electrons. The minimum absolute atomic E-state index is 0. The molecular weight excluding hydrogens is 483 g/mol. The standard InChI is InChI=1S/C21H30N4OS.HI/c1-22-21(24-16-19(26-2)17-9-4-3-5-10-17)23-15-18(20-11-8-14-27-20)25-12-6-7-13-25;/h3-5,8-11,14,18-19H,6-7,12-13,15-16H2,1-2H3,(H2,22,23,24);1H. The summed E-state index contributed by atoms with van der Waals surface area (Å²) < 4.78 is 5.65. The first kappa shape index (κ1) is 23.1. The number of hydrogen-bond acceptors (Lipinski definition) is 4. The van der Waals surface area contributed by atoms with E-state index in [1.54, 1.807) is 7.11 Å². The van der Waals surface area contributed by atoms with Gasteiger partial charge in [-0.05, 0) is 42.9 Å². The van der Waals surface area contributed by atoms with Gasteiger partial charge in [-0.3, -0.25) is 9.89 Å². The number of benzene rings is 1. The van der Waals surface area contributed by atoms with Gasteiger partial charge in [0, 0.05) is 32.1 Å². The van der Waals surface area contributed by atoms with Crippen LogP contribution in [0.5, 0.6) is 0 Å². The number of nitrogens with one attached hydrogen (secondary N) is 2. The summed E-state index contributed by atoms with van der Waals surface area (Å²) in [5, 5.41) is 9.08. The molecule has 0 spiro atoms. The van der Waals surface area contributed by atoms with E-state index in [4.69, 9.17) is 4.74 Å². The van der Waals surface area contributed by atoms with Crippen LogP contribution in [0.15, 0.2) is 52.8 Å². The first-order valence-electron chi connectivity index (χ1n) is 9.61. The maximum atomic E-state index is 5.65. The second-order valence-corrected chi connectivity index (χ2v) is 7.72. The Hall–Kier alpha value is -1.16. The maximum absolute atomic E-state index is 5.65. The Balaban J connectivity index is 0.00000280. The molecule has 0 amide bonds. The number of likely N-dealkylation sites (tertiary alicyclic amines) is 1. The highest BCUT2D eigenvalue weighted by Crippen LogP contribution is 2.27. The summed E-state index contributed by atoms with van der Waals surface area (Å²) in [6.07, 6.45) is 2.58. The van der Waals surface area contributed by atoms with E-state index in [9.17, 15) is 0 Å². The minimum Gasteiger partial charge on any atom is -0.375 e. The second-order valence-electron chi connectivity index (χ2n) is 6.74. The van der Waals surface area contributed by atoms with Gasteiger partial charge < -0.3 is 15.4 Å². The molecule has 0 bridgehead atoms. The van der Waals surface area contributed by atoms with Gasteiger partial charge >= 0.3 is 0 Å². The monoisotopic (exact) mass is 514 g/mol. The molecule has 1 fully saturated rings. The molecule has 0 radical (unpaired) electrons. The topological polar surface area (TPSA) is 48.9 Å². The van der Waals surface area contributed by atoms with Crippen LogP contribution in [-0.2, 0) is 4.74 Å². The van der Waals surface area contributed by atoms with Gasteiger partial charge in [-0.1, -0.05) is 36.4 Å². The molecule has 0 aliphatic carbocycles. The van der Waals surface area contributed by atoms with Gasteiger partial charge in [-0.25, -0.2) is 0 Å². The number of aliphatic imine (C=N–C) groups is 1. The van der Waals surface area contributed by atoms with E-state index in [1.165, 1.54) is 30.8 Å². The number of nitrogens with zero attached hydrogens (tertiary/aromatic N) is 2. The van der Waals surface area contributed by atoms with E-state index in [0.717, 1.165) is 18.1 Å². The third-order valence-corrected chi connectivity index (χ3v) is 6.02. The average molecular weight is 514 g/mol. The molecule has 2 atom stereocenters. The lowest BCUT2D eigenvalue weighted by Gasteiger charge is -2.28. The second kappa shape index (κ2) is 12.4. The molecule has 2 unspecified atom stereocenters. The van der Waals surface area contributed by atoms with Crippen molar-refractivity contribution in [3.8, 4) is 0 Å². The van der Waals surface area contributed by atoms with Gasteiger partial charge in [0.1, 0.15) is 0 Å². The summed E-state index contributed by atoms with van der Waals surface area (Å²) >= 11 is 1.83. The third-order valence-electron chi connectivity index (χ3n) is 5.05. The van der Waals surface area contributed by atoms with E-state index in [-0.39, 0.29) is 30.1 Å². The van der Waals surface area contributed by atoms with Gasteiger partial charge in [-0.2, -0.15) is 0 Å². The van der Waals surface area contributed by atoms with Crippen LogP contribution in [0.3, 0.4) is 0 Å². The number of hydrogen-bond donors (Lipinski definition) is 2. The smallest absolute Gasteiger partial charge is 0.191 e. The first-order chi connectivity index (χ1) is 13.3. The highest BCUT2D eigenvalue weighted by atomic mass is 127. The summed E-state index contributed by atoms with van der Waals surface area (Å²) in [5.41, 5.74) is 1.16. The van der Waals surface area contributed by atoms with E-state index in [0.29, 0.717) is 12.6 Å². The molecule has 3 rings (SSSR count). The van der Waals surface area contributed by atoms with Gasteiger partial charge in [0.15, 0.2) is 5.96 Å². The highest BCUT2D eigenvalue weighted by Gasteiger charge is 2.24. The molecular formula is C21H31IN4OS. The van der Waals surface area contributed by atoms with Crippen LogP contribution >= 0.6 is 35.3 Å². The zero-order chi connectivity index (χ0) is 18.9. The van der Waals surface area contributed by atoms with Crippen LogP contribution < -0.4 is 10.6 Å². The van der Waals surface area contributed by atoms with Crippen LogP contribution in [0.4, 0.5) is 0 Å². The zero-order valence-corrected chi connectivity index (χ0v) is 19.8. The minimum atomic E-state index is -0.00331. The van der Waals surface area contributed by atoms with Crippen molar-refractivity contribution in [2.75, 3.05) is 40.3 Å². The molecule has 1 aromatic heterocycles. The third kappa shape index (κ3) is 6.43. The fourth-order valence-electron chi connectivity index (χ4n) is 3.55. The molecule has 7 heteroatoms. The Labute approximate surface area is 189 Å². The summed E-state index contributed by atoms with van der Waals surface area (Å²) in [5.74, 6) is 0.814. The van der Waals surface area contributed by atoms with Crippen molar-refractivity contribution in [3.05, 3.63) is 58.3 Å². The van der Waals surface area contributed by atoms with Crippen molar-refractivity contribution in [3.63, 3.8) is 0 Å². The molecule has 28 heavy (non-hydrogen) atoms. The molecule has 2 aromatic rings. The van der Waals surface area contributed by atoms with Gasteiger partial charge in [-0.15, -0.1) is 35.3 Å². The Kier molecular flexibility index (Phi) is 10.3. The van der Waals surface area contributed by atoms with E-state index < -0.39 is 0 Å². The van der Waals surface area contributed by atoms with Crippen molar-refractivity contribution in [2.45, 2.75) is 25.0 Å². The molecule has 2 heterocycles. The van der Waals surface area contributed by atoms with Crippen molar-refractivity contribution < 1.29 is 4.74 Å². The summed E-state index contributed by atoms with van der Waals surface area (Å²) in [6, 6.07) is 15.1. The highest BCUT2D eigenvalue weighted by molar-refractivity contribution is 14.0. The summed E-state index contributed by atoms with van der Waals surface area (Å²) in [4.78, 5) is 8.38. The van der Waals surface area contributed by atoms with Crippen molar-refractivity contribution in [2.24, 2.45) is 4.99 Å². The van der Waals surface area contributed by atoms with Crippen LogP contribution in [0.2, 0.25) is 0 Å². The van der Waals surface area contributed by atoms with Crippen LogP contribution in [0.25, 0.3) is 0 Å². The largest absolute Gasteiger partial charge is 0.375 e. The van der Waals surface area contributed by atoms with Crippen molar-refractivity contribution in [1.29, 1.82) is 0 Å². The summed E-state index contributed by atoms with van der Waals surface area (Å²) in [6.45, 7) is 3.88. The molecule has 1 aliphatic heterocycles. The maximum Gasteiger partial charge on any atom is 0.191 e.